The van der Waals surface area contributed by atoms with Crippen molar-refractivity contribution in [1.29, 1.82) is 0 Å². The number of hydrogen-bond donors (Lipinski definition) is 0. The van der Waals surface area contributed by atoms with Gasteiger partial charge in [0.15, 0.2) is 0 Å². The van der Waals surface area contributed by atoms with Crippen LogP contribution in [0.15, 0.2) is 89.8 Å². The van der Waals surface area contributed by atoms with Gasteiger partial charge in [0.05, 0.1) is 17.2 Å². The molecule has 150 valence electrons. The summed E-state index contributed by atoms with van der Waals surface area (Å²) in [5.74, 6) is 0.269. The number of ether oxygens (including phenoxy) is 1. The minimum Gasteiger partial charge on any atom is -0.493 e. The molecule has 1 amide bonds. The van der Waals surface area contributed by atoms with Gasteiger partial charge in [0.25, 0.3) is 10.0 Å². The smallest absolute Gasteiger partial charge is 0.270 e. The van der Waals surface area contributed by atoms with Gasteiger partial charge < -0.3 is 4.74 Å². The molecule has 0 N–H and O–H groups in total. The maximum Gasteiger partial charge on any atom is 0.270 e. The van der Waals surface area contributed by atoms with Crippen LogP contribution in [0.2, 0.25) is 0 Å². The largest absolute Gasteiger partial charge is 0.493 e. The van der Waals surface area contributed by atoms with Crippen molar-refractivity contribution >= 4 is 21.6 Å². The summed E-state index contributed by atoms with van der Waals surface area (Å²) in [5.41, 5.74) is 1.33. The number of carbonyl (C=O) groups excluding carboxylic acids is 1. The topological polar surface area (TPSA) is 63.7 Å². The highest BCUT2D eigenvalue weighted by Gasteiger charge is 2.30. The van der Waals surface area contributed by atoms with Gasteiger partial charge in [0.2, 0.25) is 5.91 Å². The second-order valence-corrected chi connectivity index (χ2v) is 8.32. The van der Waals surface area contributed by atoms with Gasteiger partial charge >= 0.3 is 0 Å². The van der Waals surface area contributed by atoms with E-state index < -0.39 is 15.9 Å². The Hall–Kier alpha value is -3.12. The molecule has 3 aromatic rings. The van der Waals surface area contributed by atoms with Crippen LogP contribution in [0.5, 0.6) is 5.75 Å². The highest BCUT2D eigenvalue weighted by Crippen LogP contribution is 2.25. The van der Waals surface area contributed by atoms with Crippen LogP contribution < -0.4 is 9.04 Å². The molecule has 0 aromatic heterocycles. The first-order valence-electron chi connectivity index (χ1n) is 9.37. The molecule has 0 aliphatic carbocycles. The average Bonchev–Trinajstić information content (AvgIpc) is 2.74. The molecule has 5 nitrogen and oxygen atoms in total. The number of sulfonamides is 1. The maximum atomic E-state index is 13.1. The summed E-state index contributed by atoms with van der Waals surface area (Å²) >= 11 is 0. The van der Waals surface area contributed by atoms with E-state index in [1.165, 1.54) is 12.1 Å². The predicted molar refractivity (Wildman–Crippen MR) is 113 cm³/mol. The number of anilines is 1. The third kappa shape index (κ3) is 5.03. The molecule has 0 heterocycles. The van der Waals surface area contributed by atoms with Crippen molar-refractivity contribution in [1.82, 2.24) is 0 Å². The molecule has 0 unspecified atom stereocenters. The Morgan fingerprint density at radius 3 is 2.10 bits per heavy atom. The molecule has 3 rings (SSSR count). The Morgan fingerprint density at radius 1 is 0.862 bits per heavy atom. The zero-order valence-corrected chi connectivity index (χ0v) is 17.0. The van der Waals surface area contributed by atoms with Crippen molar-refractivity contribution in [3.8, 4) is 5.75 Å². The molecule has 3 aromatic carbocycles. The number of rotatable bonds is 8. The van der Waals surface area contributed by atoms with Crippen LogP contribution in [0.4, 0.5) is 5.69 Å². The fraction of sp³-hybridized carbons (Fsp3) is 0.174. The second kappa shape index (κ2) is 9.39. The van der Waals surface area contributed by atoms with Gasteiger partial charge in [-0.3, -0.25) is 4.79 Å². The quantitative estimate of drug-likeness (QED) is 0.511. The van der Waals surface area contributed by atoms with Gasteiger partial charge in [-0.1, -0.05) is 54.6 Å². The van der Waals surface area contributed by atoms with E-state index in [9.17, 15) is 13.2 Å². The lowest BCUT2D eigenvalue weighted by molar-refractivity contribution is -0.117. The lowest BCUT2D eigenvalue weighted by atomic mass is 10.2. The number of aryl methyl sites for hydroxylation is 1. The summed E-state index contributed by atoms with van der Waals surface area (Å²) in [4.78, 5) is 13.0. The Bertz CT molecular complexity index is 1050. The zero-order valence-electron chi connectivity index (χ0n) is 16.2. The third-order valence-corrected chi connectivity index (χ3v) is 6.15. The van der Waals surface area contributed by atoms with Gasteiger partial charge in [-0.15, -0.1) is 0 Å². The minimum atomic E-state index is -4.01. The van der Waals surface area contributed by atoms with Crippen LogP contribution in [0, 0.1) is 6.92 Å². The van der Waals surface area contributed by atoms with E-state index in [2.05, 4.69) is 0 Å². The van der Waals surface area contributed by atoms with Crippen LogP contribution in [0.3, 0.4) is 0 Å². The Labute approximate surface area is 171 Å². The van der Waals surface area contributed by atoms with Crippen molar-refractivity contribution in [2.24, 2.45) is 0 Å². The van der Waals surface area contributed by atoms with E-state index >= 15 is 0 Å². The van der Waals surface area contributed by atoms with E-state index in [0.717, 1.165) is 15.6 Å². The first-order valence-corrected chi connectivity index (χ1v) is 10.8. The third-order valence-electron chi connectivity index (χ3n) is 4.38. The molecule has 0 radical (unpaired) electrons. The van der Waals surface area contributed by atoms with Gasteiger partial charge in [0.1, 0.15) is 5.75 Å². The van der Waals surface area contributed by atoms with Crippen molar-refractivity contribution < 1.29 is 17.9 Å². The molecule has 0 saturated heterocycles. The molecule has 0 fully saturated rings. The Morgan fingerprint density at radius 2 is 1.45 bits per heavy atom. The van der Waals surface area contributed by atoms with E-state index in [-0.39, 0.29) is 11.3 Å². The maximum absolute atomic E-state index is 13.1. The van der Waals surface area contributed by atoms with Gasteiger partial charge in [0, 0.05) is 6.42 Å². The van der Waals surface area contributed by atoms with Crippen molar-refractivity contribution in [2.75, 3.05) is 10.9 Å². The SMILES string of the molecule is Cc1ccccc1OCCCC(=O)N(c1ccccc1)S(=O)(=O)c1ccccc1. The number of hydrogen-bond acceptors (Lipinski definition) is 4. The number of para-hydroxylation sites is 2. The second-order valence-electron chi connectivity index (χ2n) is 6.53. The molecule has 0 saturated carbocycles. The summed E-state index contributed by atoms with van der Waals surface area (Å²) in [6, 6.07) is 24.0. The lowest BCUT2D eigenvalue weighted by Crippen LogP contribution is -2.37. The summed E-state index contributed by atoms with van der Waals surface area (Å²) in [5, 5.41) is 0. The molecule has 0 bridgehead atoms. The van der Waals surface area contributed by atoms with Crippen molar-refractivity contribution in [3.63, 3.8) is 0 Å². The summed E-state index contributed by atoms with van der Waals surface area (Å²) in [6.45, 7) is 2.27. The Balaban J connectivity index is 1.75. The molecule has 0 aliphatic heterocycles. The van der Waals surface area contributed by atoms with E-state index in [1.54, 1.807) is 48.5 Å². The summed E-state index contributed by atoms with van der Waals surface area (Å²) in [7, 11) is -4.01. The standard InChI is InChI=1S/C23H23NO4S/c1-19-11-8-9-16-22(19)28-18-10-17-23(25)24(20-12-4-2-5-13-20)29(26,27)21-14-6-3-7-15-21/h2-9,11-16H,10,17-18H2,1H3. The summed E-state index contributed by atoms with van der Waals surface area (Å²) < 4.78 is 32.9. The molecule has 0 aliphatic rings. The van der Waals surface area contributed by atoms with Crippen LogP contribution >= 0.6 is 0 Å². The van der Waals surface area contributed by atoms with Crippen LogP contribution in [0.1, 0.15) is 18.4 Å². The first-order chi connectivity index (χ1) is 14.0. The van der Waals surface area contributed by atoms with E-state index in [1.807, 2.05) is 31.2 Å². The van der Waals surface area contributed by atoms with E-state index in [0.29, 0.717) is 18.7 Å². The molecule has 29 heavy (non-hydrogen) atoms. The normalized spacial score (nSPS) is 11.1. The van der Waals surface area contributed by atoms with Gasteiger partial charge in [-0.2, -0.15) is 0 Å². The fourth-order valence-corrected chi connectivity index (χ4v) is 4.37. The summed E-state index contributed by atoms with van der Waals surface area (Å²) in [6.07, 6.45) is 0.452. The molecule has 0 atom stereocenters. The van der Waals surface area contributed by atoms with Crippen molar-refractivity contribution in [3.05, 3.63) is 90.5 Å². The number of benzene rings is 3. The van der Waals surface area contributed by atoms with Crippen LogP contribution in [0.25, 0.3) is 0 Å². The molecule has 0 spiro atoms. The molecular formula is C23H23NO4S. The zero-order chi connectivity index (χ0) is 20.7. The van der Waals surface area contributed by atoms with Crippen LogP contribution in [-0.4, -0.2) is 20.9 Å². The highest BCUT2D eigenvalue weighted by atomic mass is 32.2. The number of carbonyl (C=O) groups is 1. The fourth-order valence-electron chi connectivity index (χ4n) is 2.90. The number of amides is 1. The van der Waals surface area contributed by atoms with Gasteiger partial charge in [-0.05, 0) is 49.2 Å². The van der Waals surface area contributed by atoms with Crippen molar-refractivity contribution in [2.45, 2.75) is 24.7 Å². The van der Waals surface area contributed by atoms with Crippen LogP contribution in [-0.2, 0) is 14.8 Å². The molecule has 6 heteroatoms. The van der Waals surface area contributed by atoms with E-state index in [4.69, 9.17) is 4.74 Å². The minimum absolute atomic E-state index is 0.0485. The average molecular weight is 410 g/mol. The number of nitrogens with zero attached hydrogens (tertiary/aromatic N) is 1. The highest BCUT2D eigenvalue weighted by molar-refractivity contribution is 7.93. The predicted octanol–water partition coefficient (Wildman–Crippen LogP) is 4.58. The molecular weight excluding hydrogens is 386 g/mol. The Kier molecular flexibility index (Phi) is 6.67. The first kappa shape index (κ1) is 20.6. The lowest BCUT2D eigenvalue weighted by Gasteiger charge is -2.22. The monoisotopic (exact) mass is 409 g/mol. The van der Waals surface area contributed by atoms with Gasteiger partial charge in [-0.25, -0.2) is 12.7 Å².